The summed E-state index contributed by atoms with van der Waals surface area (Å²) in [4.78, 5) is 0. The second kappa shape index (κ2) is 6.05. The molecule has 1 aromatic rings. The first kappa shape index (κ1) is 12.4. The highest BCUT2D eigenvalue weighted by molar-refractivity contribution is 5.15. The number of rotatable bonds is 6. The van der Waals surface area contributed by atoms with Gasteiger partial charge in [0.25, 0.3) is 0 Å². The molecule has 1 aliphatic rings. The van der Waals surface area contributed by atoms with Crippen LogP contribution < -0.4 is 10.1 Å². The summed E-state index contributed by atoms with van der Waals surface area (Å²) in [6.07, 6.45) is 7.03. The van der Waals surface area contributed by atoms with E-state index in [1.165, 1.54) is 32.1 Å². The smallest absolute Gasteiger partial charge is 0.211 e. The topological polar surface area (TPSA) is 39.1 Å². The zero-order valence-electron chi connectivity index (χ0n) is 10.9. The molecule has 0 atom stereocenters. The Balaban J connectivity index is 1.66. The van der Waals surface area contributed by atoms with Crippen LogP contribution in [-0.2, 0) is 13.6 Å². The molecule has 1 fully saturated rings. The molecule has 0 radical (unpaired) electrons. The monoisotopic (exact) mass is 237 g/mol. The average molecular weight is 237 g/mol. The van der Waals surface area contributed by atoms with Crippen LogP contribution >= 0.6 is 0 Å². The van der Waals surface area contributed by atoms with Crippen LogP contribution in [-0.4, -0.2) is 23.4 Å². The molecule has 1 saturated carbocycles. The van der Waals surface area contributed by atoms with Gasteiger partial charge in [0.05, 0.1) is 12.8 Å². The highest BCUT2D eigenvalue weighted by Crippen LogP contribution is 2.26. The molecule has 0 saturated heterocycles. The van der Waals surface area contributed by atoms with Gasteiger partial charge in [-0.25, -0.2) is 4.68 Å². The lowest BCUT2D eigenvalue weighted by Crippen LogP contribution is -2.17. The normalized spacial score (nSPS) is 16.6. The fourth-order valence-corrected chi connectivity index (χ4v) is 2.61. The van der Waals surface area contributed by atoms with E-state index in [0.29, 0.717) is 0 Å². The molecule has 17 heavy (non-hydrogen) atoms. The zero-order valence-corrected chi connectivity index (χ0v) is 10.9. The van der Waals surface area contributed by atoms with Gasteiger partial charge in [-0.05, 0) is 18.9 Å². The molecule has 1 aliphatic carbocycles. The largest absolute Gasteiger partial charge is 0.481 e. The summed E-state index contributed by atoms with van der Waals surface area (Å²) in [5.41, 5.74) is 1.05. The Hall–Kier alpha value is -1.03. The van der Waals surface area contributed by atoms with Crippen LogP contribution in [0, 0.1) is 5.92 Å². The van der Waals surface area contributed by atoms with Crippen LogP contribution in [0.3, 0.4) is 0 Å². The van der Waals surface area contributed by atoms with Crippen LogP contribution in [0.15, 0.2) is 6.07 Å². The van der Waals surface area contributed by atoms with Crippen molar-refractivity contribution < 1.29 is 4.74 Å². The van der Waals surface area contributed by atoms with Gasteiger partial charge in [-0.3, -0.25) is 0 Å². The van der Waals surface area contributed by atoms with E-state index < -0.39 is 0 Å². The Bertz CT molecular complexity index is 342. The maximum Gasteiger partial charge on any atom is 0.211 e. The number of nitrogens with one attached hydrogen (secondary N) is 1. The van der Waals surface area contributed by atoms with E-state index in [1.807, 2.05) is 13.1 Å². The van der Waals surface area contributed by atoms with Crippen molar-refractivity contribution in [1.29, 1.82) is 0 Å². The Labute approximate surface area is 103 Å². The van der Waals surface area contributed by atoms with Gasteiger partial charge in [0.2, 0.25) is 5.88 Å². The van der Waals surface area contributed by atoms with Crippen LogP contribution in [0.1, 0.15) is 37.8 Å². The first-order valence-electron chi connectivity index (χ1n) is 6.57. The maximum absolute atomic E-state index is 5.19. The third kappa shape index (κ3) is 3.46. The van der Waals surface area contributed by atoms with Crippen molar-refractivity contribution in [2.45, 2.75) is 38.6 Å². The Kier molecular flexibility index (Phi) is 4.42. The van der Waals surface area contributed by atoms with Gasteiger partial charge in [0, 0.05) is 19.7 Å². The highest BCUT2D eigenvalue weighted by Gasteiger charge is 2.14. The summed E-state index contributed by atoms with van der Waals surface area (Å²) in [7, 11) is 3.58. The minimum Gasteiger partial charge on any atom is -0.481 e. The van der Waals surface area contributed by atoms with Crippen LogP contribution in [0.25, 0.3) is 0 Å². The molecule has 0 spiro atoms. The Morgan fingerprint density at radius 3 is 2.88 bits per heavy atom. The molecule has 1 heterocycles. The molecule has 0 aromatic carbocycles. The van der Waals surface area contributed by atoms with Crippen molar-refractivity contribution in [2.75, 3.05) is 13.7 Å². The van der Waals surface area contributed by atoms with Crippen molar-refractivity contribution in [3.8, 4) is 5.88 Å². The SMILES string of the molecule is COc1cc(CNCCC2CCCC2)nn1C. The number of aromatic nitrogens is 2. The van der Waals surface area contributed by atoms with E-state index >= 15 is 0 Å². The first-order valence-corrected chi connectivity index (χ1v) is 6.57. The fourth-order valence-electron chi connectivity index (χ4n) is 2.61. The summed E-state index contributed by atoms with van der Waals surface area (Å²) >= 11 is 0. The van der Waals surface area contributed by atoms with E-state index in [1.54, 1.807) is 11.8 Å². The number of nitrogens with zero attached hydrogens (tertiary/aromatic N) is 2. The van der Waals surface area contributed by atoms with E-state index in [2.05, 4.69) is 10.4 Å². The molecule has 0 aliphatic heterocycles. The molecule has 4 heteroatoms. The number of ether oxygens (including phenoxy) is 1. The van der Waals surface area contributed by atoms with Crippen LogP contribution in [0.2, 0.25) is 0 Å². The maximum atomic E-state index is 5.19. The summed E-state index contributed by atoms with van der Waals surface area (Å²) in [6.45, 7) is 1.94. The van der Waals surface area contributed by atoms with Gasteiger partial charge >= 0.3 is 0 Å². The van der Waals surface area contributed by atoms with Crippen molar-refractivity contribution in [3.63, 3.8) is 0 Å². The molecule has 1 N–H and O–H groups in total. The van der Waals surface area contributed by atoms with E-state index in [0.717, 1.165) is 30.6 Å². The molecule has 2 rings (SSSR count). The molecule has 0 unspecified atom stereocenters. The summed E-state index contributed by atoms with van der Waals surface area (Å²) in [5, 5.41) is 7.84. The van der Waals surface area contributed by atoms with Crippen molar-refractivity contribution in [2.24, 2.45) is 13.0 Å². The summed E-state index contributed by atoms with van der Waals surface area (Å²) in [5.74, 6) is 1.78. The number of hydrogen-bond donors (Lipinski definition) is 1. The third-order valence-electron chi connectivity index (χ3n) is 3.61. The first-order chi connectivity index (χ1) is 8.29. The third-order valence-corrected chi connectivity index (χ3v) is 3.61. The predicted octanol–water partition coefficient (Wildman–Crippen LogP) is 2.10. The summed E-state index contributed by atoms with van der Waals surface area (Å²) in [6, 6.07) is 1.99. The molecule has 0 amide bonds. The molecular weight excluding hydrogens is 214 g/mol. The van der Waals surface area contributed by atoms with Gasteiger partial charge in [-0.1, -0.05) is 25.7 Å². The molecular formula is C13H23N3O. The van der Waals surface area contributed by atoms with Gasteiger partial charge in [0.15, 0.2) is 0 Å². The van der Waals surface area contributed by atoms with Gasteiger partial charge in [-0.2, -0.15) is 5.10 Å². The van der Waals surface area contributed by atoms with Crippen molar-refractivity contribution in [3.05, 3.63) is 11.8 Å². The molecule has 4 nitrogen and oxygen atoms in total. The van der Waals surface area contributed by atoms with Gasteiger partial charge < -0.3 is 10.1 Å². The molecule has 0 bridgehead atoms. The van der Waals surface area contributed by atoms with Crippen molar-refractivity contribution in [1.82, 2.24) is 15.1 Å². The van der Waals surface area contributed by atoms with E-state index in [4.69, 9.17) is 4.74 Å². The lowest BCUT2D eigenvalue weighted by Gasteiger charge is -2.08. The fraction of sp³-hybridized carbons (Fsp3) is 0.769. The Morgan fingerprint density at radius 1 is 1.47 bits per heavy atom. The number of aryl methyl sites for hydroxylation is 1. The van der Waals surface area contributed by atoms with Gasteiger partial charge in [-0.15, -0.1) is 0 Å². The Morgan fingerprint density at radius 2 is 2.24 bits per heavy atom. The lowest BCUT2D eigenvalue weighted by molar-refractivity contribution is 0.373. The lowest BCUT2D eigenvalue weighted by atomic mass is 10.0. The van der Waals surface area contributed by atoms with E-state index in [-0.39, 0.29) is 0 Å². The van der Waals surface area contributed by atoms with Crippen LogP contribution in [0.4, 0.5) is 0 Å². The highest BCUT2D eigenvalue weighted by atomic mass is 16.5. The van der Waals surface area contributed by atoms with E-state index in [9.17, 15) is 0 Å². The number of methoxy groups -OCH3 is 1. The molecule has 96 valence electrons. The second-order valence-corrected chi connectivity index (χ2v) is 4.92. The van der Waals surface area contributed by atoms with Crippen LogP contribution in [0.5, 0.6) is 5.88 Å². The standard InChI is InChI=1S/C13H23N3O/c1-16-13(17-2)9-12(15-16)10-14-8-7-11-5-3-4-6-11/h9,11,14H,3-8,10H2,1-2H3. The average Bonchev–Trinajstić information content (AvgIpc) is 2.94. The number of hydrogen-bond acceptors (Lipinski definition) is 3. The minimum atomic E-state index is 0.817. The summed E-state index contributed by atoms with van der Waals surface area (Å²) < 4.78 is 6.96. The second-order valence-electron chi connectivity index (χ2n) is 4.92. The van der Waals surface area contributed by atoms with Gasteiger partial charge in [0.1, 0.15) is 0 Å². The zero-order chi connectivity index (χ0) is 12.1. The van der Waals surface area contributed by atoms with Crippen molar-refractivity contribution >= 4 is 0 Å². The predicted molar refractivity (Wildman–Crippen MR) is 68.0 cm³/mol. The minimum absolute atomic E-state index is 0.817. The quantitative estimate of drug-likeness (QED) is 0.770. The molecule has 1 aromatic heterocycles.